The largest absolute Gasteiger partial charge is 3.00 e. The van der Waals surface area contributed by atoms with Gasteiger partial charge in [-0.05, 0) is 18.5 Å². The molecule has 9 nitrogen and oxygen atoms in total. The van der Waals surface area contributed by atoms with Crippen LogP contribution in [-0.2, 0) is 0 Å². The number of hydrogen-bond acceptors (Lipinski definition) is 9. The molecule has 0 aromatic heterocycles. The van der Waals surface area contributed by atoms with Crippen LogP contribution in [0.1, 0.15) is 0 Å². The van der Waals surface area contributed by atoms with E-state index in [0.29, 0.717) is 0 Å². The average Bonchev–Trinajstić information content (AvgIpc) is 1.54. The van der Waals surface area contributed by atoms with Gasteiger partial charge in [-0.15, -0.1) is 0 Å². The van der Waals surface area contributed by atoms with Gasteiger partial charge in [-0.25, -0.2) is 0 Å². The Bertz CT molecular complexity index is 118. The molecule has 2 radical (unpaired) electrons. The maximum absolute atomic E-state index is 8.33. The Morgan fingerprint density at radius 1 is 0.571 bits per heavy atom. The van der Waals surface area contributed by atoms with E-state index in [0.717, 1.165) is 0 Å². The Hall–Kier alpha value is 0.524. The maximum atomic E-state index is 8.33. The van der Waals surface area contributed by atoms with Gasteiger partial charge < -0.3 is 45.0 Å². The van der Waals surface area contributed by atoms with Gasteiger partial charge >= 0.3 is 82.1 Å². The second-order valence-electron chi connectivity index (χ2n) is 0.750. The summed E-state index contributed by atoms with van der Waals surface area (Å²) in [6, 6.07) is 0. The van der Waals surface area contributed by atoms with Crippen LogP contribution in [-0.4, -0.2) is 18.5 Å². The standard InChI is InChI=1S/3CH2O3.Ce.Sm/c3*2-1(3)4;;/h3*(H2,2,3,4);;/q;;;2*+3/p-6. The third-order valence-corrected chi connectivity index (χ3v) is 0. The third kappa shape index (κ3) is 6050. The van der Waals surface area contributed by atoms with Crippen molar-refractivity contribution in [1.29, 1.82) is 0 Å². The van der Waals surface area contributed by atoms with Crippen LogP contribution in [0.15, 0.2) is 0 Å². The van der Waals surface area contributed by atoms with E-state index >= 15 is 0 Å². The minimum Gasteiger partial charge on any atom is -0.652 e. The first kappa shape index (κ1) is 29.3. The van der Waals surface area contributed by atoms with Crippen LogP contribution in [0.25, 0.3) is 0 Å². The van der Waals surface area contributed by atoms with Crippen molar-refractivity contribution in [3.8, 4) is 0 Å². The van der Waals surface area contributed by atoms with E-state index < -0.39 is 18.5 Å². The molecule has 0 spiro atoms. The van der Waals surface area contributed by atoms with Crippen LogP contribution >= 0.6 is 0 Å². The zero-order chi connectivity index (χ0) is 10.7. The van der Waals surface area contributed by atoms with Crippen molar-refractivity contribution in [1.82, 2.24) is 0 Å². The summed E-state index contributed by atoms with van der Waals surface area (Å²) in [6.45, 7) is 0. The SMILES string of the molecule is O=C([O-])[O-].O=C([O-])[O-].O=C([O-])[O-].[Ce+3].[Sm+3]. The van der Waals surface area contributed by atoms with Gasteiger partial charge in [-0.2, -0.15) is 0 Å². The Kier molecular flexibility index (Phi) is 48.9. The van der Waals surface area contributed by atoms with Gasteiger partial charge in [0.25, 0.3) is 0 Å². The first-order valence-electron chi connectivity index (χ1n) is 1.84. The molecule has 0 saturated heterocycles. The molecule has 0 heterocycles. The summed E-state index contributed by atoms with van der Waals surface area (Å²) in [5, 5.41) is 50.0. The van der Waals surface area contributed by atoms with Gasteiger partial charge in [-0.3, -0.25) is 0 Å². The molecule has 0 aromatic carbocycles. The van der Waals surface area contributed by atoms with Crippen LogP contribution in [0, 0.1) is 82.1 Å². The van der Waals surface area contributed by atoms with Crippen LogP contribution in [0.3, 0.4) is 0 Å². The first-order chi connectivity index (χ1) is 5.20. The molecule has 76 valence electrons. The zero-order valence-electron chi connectivity index (χ0n) is 6.08. The Morgan fingerprint density at radius 3 is 0.571 bits per heavy atom. The Morgan fingerprint density at radius 2 is 0.571 bits per heavy atom. The van der Waals surface area contributed by atoms with Crippen molar-refractivity contribution in [2.45, 2.75) is 0 Å². The molecular formula is C3CeO9Sm. The summed E-state index contributed by atoms with van der Waals surface area (Å²) >= 11 is 0. The predicted molar refractivity (Wildman–Crippen MR) is 16.2 cm³/mol. The van der Waals surface area contributed by atoms with E-state index in [-0.39, 0.29) is 82.1 Å². The van der Waals surface area contributed by atoms with E-state index in [9.17, 15) is 0 Å². The van der Waals surface area contributed by atoms with E-state index in [1.807, 2.05) is 0 Å². The van der Waals surface area contributed by atoms with Gasteiger partial charge in [0, 0.05) is 0 Å². The average molecular weight is 470 g/mol. The van der Waals surface area contributed by atoms with E-state index in [4.69, 9.17) is 45.0 Å². The molecule has 0 rings (SSSR count). The van der Waals surface area contributed by atoms with Crippen molar-refractivity contribution >= 4 is 18.5 Å². The molecule has 0 atom stereocenters. The number of hydrogen-bond donors (Lipinski definition) is 0. The van der Waals surface area contributed by atoms with E-state index in [2.05, 4.69) is 0 Å². The predicted octanol–water partition coefficient (Wildman–Crippen LogP) is -7.34. The monoisotopic (exact) mass is 472 g/mol. The molecule has 0 aliphatic carbocycles. The van der Waals surface area contributed by atoms with E-state index in [1.165, 1.54) is 0 Å². The number of carbonyl (C=O) groups excluding carboxylic acids is 3. The van der Waals surface area contributed by atoms with Gasteiger partial charge in [0.15, 0.2) is 0 Å². The molecule has 0 unspecified atom stereocenters. The van der Waals surface area contributed by atoms with Crippen LogP contribution in [0.4, 0.5) is 14.4 Å². The number of carboxylic acid groups (broad SMARTS) is 6. The Balaban J connectivity index is -0.0000000270. The van der Waals surface area contributed by atoms with Crippen molar-refractivity contribution < 1.29 is 127 Å². The smallest absolute Gasteiger partial charge is 0.652 e. The van der Waals surface area contributed by atoms with Crippen LogP contribution < -0.4 is 30.6 Å². The fourth-order valence-electron chi connectivity index (χ4n) is 0. The summed E-state index contributed by atoms with van der Waals surface area (Å²) in [5.74, 6) is 0. The van der Waals surface area contributed by atoms with Gasteiger partial charge in [0.05, 0.1) is 0 Å². The second kappa shape index (κ2) is 23.4. The molecule has 0 aliphatic heterocycles. The fraction of sp³-hybridized carbons (Fsp3) is 0. The van der Waals surface area contributed by atoms with Gasteiger partial charge in [0.1, 0.15) is 0 Å². The number of rotatable bonds is 0. The molecule has 11 heteroatoms. The van der Waals surface area contributed by atoms with E-state index in [1.54, 1.807) is 0 Å². The summed E-state index contributed by atoms with van der Waals surface area (Å²) < 4.78 is 0. The molecule has 0 amide bonds. The van der Waals surface area contributed by atoms with Crippen molar-refractivity contribution in [3.05, 3.63) is 0 Å². The minimum absolute atomic E-state index is 0. The van der Waals surface area contributed by atoms with Crippen molar-refractivity contribution in [2.75, 3.05) is 0 Å². The van der Waals surface area contributed by atoms with Crippen molar-refractivity contribution in [2.24, 2.45) is 0 Å². The molecule has 0 saturated carbocycles. The molecule has 0 aliphatic rings. The van der Waals surface area contributed by atoms with Gasteiger partial charge in [0.2, 0.25) is 0 Å². The quantitative estimate of drug-likeness (QED) is 0.331. The molecule has 0 fully saturated rings. The molecular weight excluding hydrogens is 470 g/mol. The normalized spacial score (nSPS) is 5.14. The minimum atomic E-state index is -2.33. The summed E-state index contributed by atoms with van der Waals surface area (Å²) in [6.07, 6.45) is -7.00. The summed E-state index contributed by atoms with van der Waals surface area (Å²) in [7, 11) is 0. The fourth-order valence-corrected chi connectivity index (χ4v) is 0. The molecule has 0 bridgehead atoms. The first-order valence-corrected chi connectivity index (χ1v) is 1.84. The van der Waals surface area contributed by atoms with Crippen LogP contribution in [0.2, 0.25) is 0 Å². The number of carbonyl (C=O) groups is 3. The van der Waals surface area contributed by atoms with Crippen molar-refractivity contribution in [3.63, 3.8) is 0 Å². The molecule has 0 N–H and O–H groups in total. The zero-order valence-corrected chi connectivity index (χ0v) is 11.8. The van der Waals surface area contributed by atoms with Crippen LogP contribution in [0.5, 0.6) is 0 Å². The summed E-state index contributed by atoms with van der Waals surface area (Å²) in [5.41, 5.74) is 0. The summed E-state index contributed by atoms with van der Waals surface area (Å²) in [4.78, 5) is 25.0. The topological polar surface area (TPSA) is 190 Å². The van der Waals surface area contributed by atoms with Gasteiger partial charge in [-0.1, -0.05) is 0 Å². The third-order valence-electron chi connectivity index (χ3n) is 0. The Labute approximate surface area is 143 Å². The molecule has 0 aromatic rings. The second-order valence-corrected chi connectivity index (χ2v) is 0.750. The molecule has 14 heavy (non-hydrogen) atoms. The maximum Gasteiger partial charge on any atom is 3.00 e.